The topological polar surface area (TPSA) is 38.3 Å². The van der Waals surface area contributed by atoms with Crippen LogP contribution in [0.5, 0.6) is 5.75 Å². The first kappa shape index (κ1) is 17.2. The minimum absolute atomic E-state index is 0.0514. The molecule has 3 aromatic rings. The van der Waals surface area contributed by atoms with E-state index in [9.17, 15) is 4.79 Å². The lowest BCUT2D eigenvalue weighted by molar-refractivity contribution is -0.118. The number of hydrogen-bond donors (Lipinski definition) is 1. The van der Waals surface area contributed by atoms with Gasteiger partial charge < -0.3 is 10.1 Å². The lowest BCUT2D eigenvalue weighted by Crippen LogP contribution is -2.20. The van der Waals surface area contributed by atoms with Crippen LogP contribution < -0.4 is 10.1 Å². The van der Waals surface area contributed by atoms with Gasteiger partial charge in [0, 0.05) is 10.0 Å². The van der Waals surface area contributed by atoms with Gasteiger partial charge in [0.05, 0.1) is 5.69 Å². The van der Waals surface area contributed by atoms with Crippen molar-refractivity contribution < 1.29 is 9.53 Å². The Morgan fingerprint density at radius 1 is 1.00 bits per heavy atom. The summed E-state index contributed by atoms with van der Waals surface area (Å²) in [6.45, 7) is 1.95. The molecule has 25 heavy (non-hydrogen) atoms. The van der Waals surface area contributed by atoms with Crippen LogP contribution in [0.25, 0.3) is 11.1 Å². The van der Waals surface area contributed by atoms with Crippen LogP contribution in [-0.4, -0.2) is 12.5 Å². The van der Waals surface area contributed by atoms with Crippen LogP contribution in [0.2, 0.25) is 0 Å². The summed E-state index contributed by atoms with van der Waals surface area (Å²) < 4.78 is 6.61. The number of rotatable bonds is 5. The molecule has 3 nitrogen and oxygen atoms in total. The Bertz CT molecular complexity index is 878. The van der Waals surface area contributed by atoms with E-state index < -0.39 is 0 Å². The summed E-state index contributed by atoms with van der Waals surface area (Å²) in [5.74, 6) is 0.485. The molecule has 3 aromatic carbocycles. The smallest absolute Gasteiger partial charge is 0.262 e. The molecular formula is C21H18BrNO2. The van der Waals surface area contributed by atoms with Gasteiger partial charge in [0.2, 0.25) is 0 Å². The van der Waals surface area contributed by atoms with E-state index in [0.717, 1.165) is 26.9 Å². The molecule has 0 aliphatic carbocycles. The Hall–Kier alpha value is -2.59. The summed E-state index contributed by atoms with van der Waals surface area (Å²) in [4.78, 5) is 12.2. The van der Waals surface area contributed by atoms with E-state index in [1.807, 2.05) is 79.7 Å². The molecule has 0 aliphatic rings. The number of para-hydroxylation sites is 1. The average molecular weight is 396 g/mol. The second-order valence-electron chi connectivity index (χ2n) is 5.68. The first-order valence-electron chi connectivity index (χ1n) is 7.97. The third kappa shape index (κ3) is 4.48. The molecule has 0 unspecified atom stereocenters. The Labute approximate surface area is 155 Å². The van der Waals surface area contributed by atoms with Crippen LogP contribution in [0.4, 0.5) is 5.69 Å². The highest BCUT2D eigenvalue weighted by molar-refractivity contribution is 9.10. The summed E-state index contributed by atoms with van der Waals surface area (Å²) in [5.41, 5.74) is 3.88. The number of benzene rings is 3. The Morgan fingerprint density at radius 3 is 2.48 bits per heavy atom. The molecule has 126 valence electrons. The summed E-state index contributed by atoms with van der Waals surface area (Å²) in [7, 11) is 0. The predicted molar refractivity (Wildman–Crippen MR) is 105 cm³/mol. The third-order valence-corrected chi connectivity index (χ3v) is 4.39. The van der Waals surface area contributed by atoms with E-state index in [0.29, 0.717) is 5.75 Å². The van der Waals surface area contributed by atoms with Gasteiger partial charge in [-0.05, 0) is 52.2 Å². The van der Waals surface area contributed by atoms with Crippen molar-refractivity contribution in [2.75, 3.05) is 11.9 Å². The number of carbonyl (C=O) groups is 1. The molecule has 0 spiro atoms. The molecule has 1 N–H and O–H groups in total. The second kappa shape index (κ2) is 7.99. The minimum Gasteiger partial charge on any atom is -0.483 e. The van der Waals surface area contributed by atoms with E-state index in [1.54, 1.807) is 0 Å². The standard InChI is InChI=1S/C21H18BrNO2/c1-15-11-12-19(18(22)13-15)23-21(24)14-25-20-10-6-5-9-17(20)16-7-3-2-4-8-16/h2-13H,14H2,1H3,(H,23,24). The van der Waals surface area contributed by atoms with Gasteiger partial charge in [-0.15, -0.1) is 0 Å². The first-order chi connectivity index (χ1) is 12.1. The van der Waals surface area contributed by atoms with E-state index in [4.69, 9.17) is 4.74 Å². The zero-order valence-corrected chi connectivity index (χ0v) is 15.4. The van der Waals surface area contributed by atoms with Crippen molar-refractivity contribution in [2.24, 2.45) is 0 Å². The Balaban J connectivity index is 1.69. The lowest BCUT2D eigenvalue weighted by Gasteiger charge is -2.12. The first-order valence-corrected chi connectivity index (χ1v) is 8.76. The monoisotopic (exact) mass is 395 g/mol. The van der Waals surface area contributed by atoms with Crippen molar-refractivity contribution in [1.29, 1.82) is 0 Å². The molecule has 3 rings (SSSR count). The molecule has 0 saturated carbocycles. The minimum atomic E-state index is -0.201. The highest BCUT2D eigenvalue weighted by atomic mass is 79.9. The van der Waals surface area contributed by atoms with Crippen molar-refractivity contribution in [2.45, 2.75) is 6.92 Å². The van der Waals surface area contributed by atoms with Gasteiger partial charge in [-0.2, -0.15) is 0 Å². The Kier molecular flexibility index (Phi) is 5.51. The molecule has 0 radical (unpaired) electrons. The number of nitrogens with one attached hydrogen (secondary N) is 1. The number of halogens is 1. The molecule has 0 heterocycles. The van der Waals surface area contributed by atoms with E-state index in [1.165, 1.54) is 0 Å². The van der Waals surface area contributed by atoms with Crippen LogP contribution in [0.3, 0.4) is 0 Å². The van der Waals surface area contributed by atoms with Crippen LogP contribution in [-0.2, 0) is 4.79 Å². The van der Waals surface area contributed by atoms with E-state index in [-0.39, 0.29) is 12.5 Å². The quantitative estimate of drug-likeness (QED) is 0.624. The molecule has 0 aromatic heterocycles. The maximum Gasteiger partial charge on any atom is 0.262 e. The predicted octanol–water partition coefficient (Wildman–Crippen LogP) is 5.44. The second-order valence-corrected chi connectivity index (χ2v) is 6.54. The highest BCUT2D eigenvalue weighted by Gasteiger charge is 2.10. The van der Waals surface area contributed by atoms with Crippen molar-refractivity contribution in [3.63, 3.8) is 0 Å². The summed E-state index contributed by atoms with van der Waals surface area (Å²) in [6, 6.07) is 23.5. The number of amides is 1. The van der Waals surface area contributed by atoms with Gasteiger partial charge in [0.25, 0.3) is 5.91 Å². The van der Waals surface area contributed by atoms with Crippen LogP contribution in [0, 0.1) is 6.92 Å². The van der Waals surface area contributed by atoms with E-state index in [2.05, 4.69) is 21.2 Å². The van der Waals surface area contributed by atoms with Crippen LogP contribution >= 0.6 is 15.9 Å². The van der Waals surface area contributed by atoms with Crippen LogP contribution in [0.1, 0.15) is 5.56 Å². The van der Waals surface area contributed by atoms with Gasteiger partial charge in [-0.25, -0.2) is 0 Å². The fourth-order valence-corrected chi connectivity index (χ4v) is 3.09. The number of anilines is 1. The third-order valence-electron chi connectivity index (χ3n) is 3.73. The zero-order chi connectivity index (χ0) is 17.6. The van der Waals surface area contributed by atoms with Gasteiger partial charge in [0.1, 0.15) is 5.75 Å². The van der Waals surface area contributed by atoms with Gasteiger partial charge >= 0.3 is 0 Å². The van der Waals surface area contributed by atoms with Crippen molar-refractivity contribution in [3.8, 4) is 16.9 Å². The molecule has 1 amide bonds. The van der Waals surface area contributed by atoms with Gasteiger partial charge in [-0.3, -0.25) is 4.79 Å². The fraction of sp³-hybridized carbons (Fsp3) is 0.0952. The number of aryl methyl sites for hydroxylation is 1. The maximum absolute atomic E-state index is 12.2. The van der Waals surface area contributed by atoms with Crippen molar-refractivity contribution >= 4 is 27.5 Å². The van der Waals surface area contributed by atoms with Gasteiger partial charge in [0.15, 0.2) is 6.61 Å². The number of hydrogen-bond acceptors (Lipinski definition) is 2. The molecule has 0 bridgehead atoms. The fourth-order valence-electron chi connectivity index (χ4n) is 2.50. The van der Waals surface area contributed by atoms with Crippen molar-refractivity contribution in [3.05, 3.63) is 82.8 Å². The molecule has 0 fully saturated rings. The summed E-state index contributed by atoms with van der Waals surface area (Å²) in [5, 5.41) is 2.86. The van der Waals surface area contributed by atoms with E-state index >= 15 is 0 Å². The average Bonchev–Trinajstić information content (AvgIpc) is 2.63. The van der Waals surface area contributed by atoms with Gasteiger partial charge in [-0.1, -0.05) is 54.6 Å². The number of ether oxygens (including phenoxy) is 1. The van der Waals surface area contributed by atoms with Crippen molar-refractivity contribution in [1.82, 2.24) is 0 Å². The zero-order valence-electron chi connectivity index (χ0n) is 13.8. The summed E-state index contributed by atoms with van der Waals surface area (Å²) in [6.07, 6.45) is 0. The molecule has 4 heteroatoms. The molecule has 0 atom stereocenters. The summed E-state index contributed by atoms with van der Waals surface area (Å²) >= 11 is 3.46. The normalized spacial score (nSPS) is 10.3. The molecule has 0 saturated heterocycles. The largest absolute Gasteiger partial charge is 0.483 e. The molecule has 0 aliphatic heterocycles. The lowest BCUT2D eigenvalue weighted by atomic mass is 10.1. The SMILES string of the molecule is Cc1ccc(NC(=O)COc2ccccc2-c2ccccc2)c(Br)c1. The highest BCUT2D eigenvalue weighted by Crippen LogP contribution is 2.29. The molecular weight excluding hydrogens is 378 g/mol. The number of carbonyl (C=O) groups excluding carboxylic acids is 1. The Morgan fingerprint density at radius 2 is 1.72 bits per heavy atom. The van der Waals surface area contributed by atoms with Crippen LogP contribution in [0.15, 0.2) is 77.3 Å². The maximum atomic E-state index is 12.2.